The second kappa shape index (κ2) is 10.2. The number of methoxy groups -OCH3 is 1. The topological polar surface area (TPSA) is 63.2 Å². The minimum Gasteiger partial charge on any atom is -0.385 e. The average Bonchev–Trinajstić information content (AvgIpc) is 2.47. The third-order valence-electron chi connectivity index (χ3n) is 3.07. The summed E-state index contributed by atoms with van der Waals surface area (Å²) in [6, 6.07) is 3.70. The van der Waals surface area contributed by atoms with Crippen LogP contribution in [0.2, 0.25) is 0 Å². The molecule has 1 amide bonds. The molecule has 0 aliphatic heterocycles. The zero-order chi connectivity index (χ0) is 15.5. The Morgan fingerprint density at radius 2 is 2.10 bits per heavy atom. The molecule has 1 aromatic heterocycles. The lowest BCUT2D eigenvalue weighted by molar-refractivity contribution is 0.0951. The molecular weight excluding hydrogens is 266 g/mol. The molecule has 0 aliphatic rings. The summed E-state index contributed by atoms with van der Waals surface area (Å²) in [5.41, 5.74) is 1.64. The Kier molecular flexibility index (Phi) is 8.43. The third-order valence-corrected chi connectivity index (χ3v) is 3.07. The monoisotopic (exact) mass is 293 g/mol. The number of aromatic nitrogens is 1. The molecule has 0 saturated heterocycles. The smallest absolute Gasteiger partial charge is 0.251 e. The van der Waals surface area contributed by atoms with Crippen molar-refractivity contribution in [1.82, 2.24) is 10.3 Å². The van der Waals surface area contributed by atoms with Crippen molar-refractivity contribution in [3.63, 3.8) is 0 Å². The Hall–Kier alpha value is -1.62. The van der Waals surface area contributed by atoms with Gasteiger partial charge in [-0.25, -0.2) is 4.98 Å². The van der Waals surface area contributed by atoms with Crippen molar-refractivity contribution in [2.24, 2.45) is 0 Å². The van der Waals surface area contributed by atoms with Crippen LogP contribution in [0, 0.1) is 0 Å². The molecule has 1 heterocycles. The number of nitrogens with zero attached hydrogens (tertiary/aromatic N) is 1. The van der Waals surface area contributed by atoms with E-state index in [0.717, 1.165) is 50.3 Å². The van der Waals surface area contributed by atoms with Crippen LogP contribution >= 0.6 is 0 Å². The van der Waals surface area contributed by atoms with Crippen LogP contribution in [0.4, 0.5) is 5.82 Å². The Morgan fingerprint density at radius 3 is 2.76 bits per heavy atom. The van der Waals surface area contributed by atoms with E-state index in [0.29, 0.717) is 12.1 Å². The summed E-state index contributed by atoms with van der Waals surface area (Å²) in [5.74, 6) is 0.735. The highest BCUT2D eigenvalue weighted by Gasteiger charge is 2.09. The normalized spacial score (nSPS) is 10.4. The van der Waals surface area contributed by atoms with Crippen LogP contribution in [-0.4, -0.2) is 37.7 Å². The molecule has 1 rings (SSSR count). The molecule has 0 fully saturated rings. The van der Waals surface area contributed by atoms with E-state index >= 15 is 0 Å². The zero-order valence-electron chi connectivity index (χ0n) is 13.4. The number of carbonyl (C=O) groups is 1. The Balaban J connectivity index is 2.64. The maximum atomic E-state index is 12.2. The van der Waals surface area contributed by atoms with E-state index in [1.807, 2.05) is 19.1 Å². The van der Waals surface area contributed by atoms with Crippen LogP contribution < -0.4 is 10.6 Å². The number of nitrogens with one attached hydrogen (secondary N) is 2. The molecule has 0 atom stereocenters. The highest BCUT2D eigenvalue weighted by atomic mass is 16.5. The van der Waals surface area contributed by atoms with Gasteiger partial charge < -0.3 is 15.4 Å². The molecule has 0 aromatic carbocycles. The number of anilines is 1. The quantitative estimate of drug-likeness (QED) is 0.651. The Morgan fingerprint density at radius 1 is 1.29 bits per heavy atom. The van der Waals surface area contributed by atoms with Gasteiger partial charge in [-0.3, -0.25) is 4.79 Å². The fraction of sp³-hybridized carbons (Fsp3) is 0.625. The van der Waals surface area contributed by atoms with Gasteiger partial charge in [-0.2, -0.15) is 0 Å². The van der Waals surface area contributed by atoms with E-state index in [2.05, 4.69) is 22.5 Å². The molecule has 0 saturated carbocycles. The summed E-state index contributed by atoms with van der Waals surface area (Å²) in [6.45, 7) is 6.32. The van der Waals surface area contributed by atoms with E-state index in [1.165, 1.54) is 0 Å². The fourth-order valence-corrected chi connectivity index (χ4v) is 2.05. The fourth-order valence-electron chi connectivity index (χ4n) is 2.05. The van der Waals surface area contributed by atoms with Crippen molar-refractivity contribution >= 4 is 11.7 Å². The first-order chi connectivity index (χ1) is 10.2. The largest absolute Gasteiger partial charge is 0.385 e. The van der Waals surface area contributed by atoms with Crippen LogP contribution in [0.5, 0.6) is 0 Å². The number of unbranched alkanes of at least 4 members (excludes halogenated alkanes) is 1. The van der Waals surface area contributed by atoms with Crippen molar-refractivity contribution in [3.8, 4) is 0 Å². The number of carbonyl (C=O) groups excluding carboxylic acids is 1. The van der Waals surface area contributed by atoms with Gasteiger partial charge in [-0.1, -0.05) is 13.3 Å². The Labute approximate surface area is 127 Å². The molecule has 0 radical (unpaired) electrons. The summed E-state index contributed by atoms with van der Waals surface area (Å²) >= 11 is 0. The van der Waals surface area contributed by atoms with Gasteiger partial charge in [-0.15, -0.1) is 0 Å². The number of hydrogen-bond acceptors (Lipinski definition) is 4. The summed E-state index contributed by atoms with van der Waals surface area (Å²) in [7, 11) is 1.69. The van der Waals surface area contributed by atoms with Crippen LogP contribution in [0.25, 0.3) is 0 Å². The third kappa shape index (κ3) is 6.58. The molecule has 0 bridgehead atoms. The van der Waals surface area contributed by atoms with Crippen LogP contribution in [0.15, 0.2) is 12.1 Å². The SMILES string of the molecule is CCCc1cc(C(=O)NCCCCOC)cc(NCC)n1. The van der Waals surface area contributed by atoms with Gasteiger partial charge in [0.25, 0.3) is 5.91 Å². The van der Waals surface area contributed by atoms with Gasteiger partial charge >= 0.3 is 0 Å². The lowest BCUT2D eigenvalue weighted by Crippen LogP contribution is -2.25. The predicted octanol–water partition coefficient (Wildman–Crippen LogP) is 2.62. The Bertz CT molecular complexity index is 411. The second-order valence-electron chi connectivity index (χ2n) is 4.97. The van der Waals surface area contributed by atoms with Crippen LogP contribution in [0.3, 0.4) is 0 Å². The maximum absolute atomic E-state index is 12.2. The highest BCUT2D eigenvalue weighted by molar-refractivity contribution is 5.95. The zero-order valence-corrected chi connectivity index (χ0v) is 13.4. The van der Waals surface area contributed by atoms with E-state index in [-0.39, 0.29) is 5.91 Å². The number of amides is 1. The molecular formula is C16H27N3O2. The van der Waals surface area contributed by atoms with Gasteiger partial charge in [0.2, 0.25) is 0 Å². The van der Waals surface area contributed by atoms with E-state index in [9.17, 15) is 4.79 Å². The van der Waals surface area contributed by atoms with Crippen molar-refractivity contribution in [1.29, 1.82) is 0 Å². The molecule has 118 valence electrons. The number of pyridine rings is 1. The lowest BCUT2D eigenvalue weighted by atomic mass is 10.1. The number of aryl methyl sites for hydroxylation is 1. The number of hydrogen-bond donors (Lipinski definition) is 2. The van der Waals surface area contributed by atoms with E-state index < -0.39 is 0 Å². The lowest BCUT2D eigenvalue weighted by Gasteiger charge is -2.10. The molecule has 5 heteroatoms. The molecule has 2 N–H and O–H groups in total. The van der Waals surface area contributed by atoms with Gasteiger partial charge in [0.15, 0.2) is 0 Å². The summed E-state index contributed by atoms with van der Waals surface area (Å²) < 4.78 is 4.99. The molecule has 0 unspecified atom stereocenters. The minimum atomic E-state index is -0.0358. The molecule has 21 heavy (non-hydrogen) atoms. The molecule has 5 nitrogen and oxygen atoms in total. The number of ether oxygens (including phenoxy) is 1. The standard InChI is InChI=1S/C16H27N3O2/c1-4-8-14-11-13(12-15(19-14)17-5-2)16(20)18-9-6-7-10-21-3/h11-12H,4-10H2,1-3H3,(H,17,19)(H,18,20). The second-order valence-corrected chi connectivity index (χ2v) is 4.97. The van der Waals surface area contributed by atoms with Crippen molar-refractivity contribution in [3.05, 3.63) is 23.4 Å². The van der Waals surface area contributed by atoms with Crippen molar-refractivity contribution < 1.29 is 9.53 Å². The van der Waals surface area contributed by atoms with Gasteiger partial charge in [0.1, 0.15) is 5.82 Å². The van der Waals surface area contributed by atoms with Crippen molar-refractivity contribution in [2.45, 2.75) is 39.5 Å². The van der Waals surface area contributed by atoms with Crippen LogP contribution in [-0.2, 0) is 11.2 Å². The summed E-state index contributed by atoms with van der Waals surface area (Å²) in [5, 5.41) is 6.12. The van der Waals surface area contributed by atoms with Crippen LogP contribution in [0.1, 0.15) is 49.2 Å². The summed E-state index contributed by atoms with van der Waals surface area (Å²) in [4.78, 5) is 16.7. The van der Waals surface area contributed by atoms with Gasteiger partial charge in [-0.05, 0) is 38.3 Å². The molecule has 0 spiro atoms. The van der Waals surface area contributed by atoms with Gasteiger partial charge in [0, 0.05) is 38.1 Å². The predicted molar refractivity (Wildman–Crippen MR) is 85.8 cm³/mol. The highest BCUT2D eigenvalue weighted by Crippen LogP contribution is 2.12. The first-order valence-corrected chi connectivity index (χ1v) is 7.73. The maximum Gasteiger partial charge on any atom is 0.251 e. The van der Waals surface area contributed by atoms with Gasteiger partial charge in [0.05, 0.1) is 0 Å². The van der Waals surface area contributed by atoms with Crippen molar-refractivity contribution in [2.75, 3.05) is 32.1 Å². The first-order valence-electron chi connectivity index (χ1n) is 7.73. The number of rotatable bonds is 10. The first kappa shape index (κ1) is 17.4. The molecule has 0 aliphatic carbocycles. The minimum absolute atomic E-state index is 0.0358. The van der Waals surface area contributed by atoms with E-state index in [4.69, 9.17) is 4.74 Å². The average molecular weight is 293 g/mol. The summed E-state index contributed by atoms with van der Waals surface area (Å²) in [6.07, 6.45) is 3.78. The van der Waals surface area contributed by atoms with E-state index in [1.54, 1.807) is 7.11 Å². The molecule has 1 aromatic rings.